The fourth-order valence-electron chi connectivity index (χ4n) is 3.23. The van der Waals surface area contributed by atoms with Crippen LogP contribution in [0.5, 0.6) is 5.75 Å². The lowest BCUT2D eigenvalue weighted by molar-refractivity contribution is -0.133. The Balaban J connectivity index is 1.34. The highest BCUT2D eigenvalue weighted by Gasteiger charge is 2.23. The molecule has 3 aromatic rings. The predicted octanol–water partition coefficient (Wildman–Crippen LogP) is 4.05. The first-order chi connectivity index (χ1) is 13.6. The summed E-state index contributed by atoms with van der Waals surface area (Å²) in [5.74, 6) is 0.769. The van der Waals surface area contributed by atoms with Crippen LogP contribution in [0.1, 0.15) is 5.56 Å². The number of hydrogen-bond acceptors (Lipinski definition) is 6. The zero-order valence-corrected chi connectivity index (χ0v) is 17.7. The Morgan fingerprint density at radius 2 is 1.89 bits per heavy atom. The van der Waals surface area contributed by atoms with E-state index in [-0.39, 0.29) is 12.5 Å². The van der Waals surface area contributed by atoms with Crippen LogP contribution >= 0.6 is 23.1 Å². The third-order valence-corrected chi connectivity index (χ3v) is 6.73. The zero-order valence-electron chi connectivity index (χ0n) is 16.1. The summed E-state index contributed by atoms with van der Waals surface area (Å²) in [5.41, 5.74) is 2.26. The highest BCUT2D eigenvalue weighted by atomic mass is 32.2. The minimum absolute atomic E-state index is 0.0363. The summed E-state index contributed by atoms with van der Waals surface area (Å²) in [6.07, 6.45) is 2.08. The minimum atomic E-state index is 0.0363. The van der Waals surface area contributed by atoms with E-state index in [2.05, 4.69) is 29.4 Å². The number of anilines is 1. The number of aryl methyl sites for hydroxylation is 1. The molecule has 1 amide bonds. The average Bonchev–Trinajstić information content (AvgIpc) is 3.17. The average molecular weight is 414 g/mol. The number of amides is 1. The molecule has 0 atom stereocenters. The maximum Gasteiger partial charge on any atom is 0.260 e. The number of carbonyl (C=O) groups excluding carboxylic acids is 1. The van der Waals surface area contributed by atoms with Gasteiger partial charge in [0.2, 0.25) is 0 Å². The molecule has 2 heterocycles. The summed E-state index contributed by atoms with van der Waals surface area (Å²) in [4.78, 5) is 22.7. The van der Waals surface area contributed by atoms with Crippen LogP contribution in [0.25, 0.3) is 10.2 Å². The molecule has 0 spiro atoms. The van der Waals surface area contributed by atoms with E-state index >= 15 is 0 Å². The van der Waals surface area contributed by atoms with E-state index in [1.165, 1.54) is 15.2 Å². The van der Waals surface area contributed by atoms with Gasteiger partial charge >= 0.3 is 0 Å². The Morgan fingerprint density at radius 1 is 1.14 bits per heavy atom. The number of carbonyl (C=O) groups is 1. The molecule has 0 unspecified atom stereocenters. The van der Waals surface area contributed by atoms with Gasteiger partial charge in [0.05, 0.1) is 10.2 Å². The molecule has 2 aromatic carbocycles. The van der Waals surface area contributed by atoms with Gasteiger partial charge in [0.25, 0.3) is 5.91 Å². The molecule has 4 rings (SSSR count). The van der Waals surface area contributed by atoms with Crippen LogP contribution in [0.3, 0.4) is 0 Å². The van der Waals surface area contributed by atoms with Crippen molar-refractivity contribution in [3.63, 3.8) is 0 Å². The molecule has 1 fully saturated rings. The van der Waals surface area contributed by atoms with Crippen molar-refractivity contribution in [2.75, 3.05) is 43.9 Å². The maximum atomic E-state index is 12.5. The zero-order chi connectivity index (χ0) is 19.5. The number of rotatable bonds is 5. The standard InChI is InChI=1S/C21H23N3O2S2/c1-15-6-8-16(9-7-15)26-14-19(25)23-10-12-24(13-11-23)21-22-20-17(27-2)4-3-5-18(20)28-21/h3-9H,10-14H2,1-2H3. The number of fused-ring (bicyclic) bond motifs is 1. The van der Waals surface area contributed by atoms with Crippen molar-refractivity contribution in [1.29, 1.82) is 0 Å². The van der Waals surface area contributed by atoms with E-state index in [4.69, 9.17) is 9.72 Å². The second-order valence-corrected chi connectivity index (χ2v) is 8.63. The quantitative estimate of drug-likeness (QED) is 0.591. The molecule has 28 heavy (non-hydrogen) atoms. The van der Waals surface area contributed by atoms with Gasteiger partial charge in [-0.25, -0.2) is 4.98 Å². The summed E-state index contributed by atoms with van der Waals surface area (Å²) in [5, 5.41) is 1.04. The van der Waals surface area contributed by atoms with E-state index in [0.29, 0.717) is 13.1 Å². The van der Waals surface area contributed by atoms with Gasteiger partial charge in [-0.05, 0) is 37.4 Å². The van der Waals surface area contributed by atoms with E-state index in [9.17, 15) is 4.79 Å². The van der Waals surface area contributed by atoms with Gasteiger partial charge in [0.15, 0.2) is 11.7 Å². The van der Waals surface area contributed by atoms with E-state index < -0.39 is 0 Å². The molecular weight excluding hydrogens is 390 g/mol. The molecule has 1 aromatic heterocycles. The first-order valence-electron chi connectivity index (χ1n) is 9.30. The van der Waals surface area contributed by atoms with Crippen molar-refractivity contribution in [2.24, 2.45) is 0 Å². The van der Waals surface area contributed by atoms with Gasteiger partial charge < -0.3 is 14.5 Å². The van der Waals surface area contributed by atoms with Gasteiger partial charge in [-0.3, -0.25) is 4.79 Å². The second-order valence-electron chi connectivity index (χ2n) is 6.77. The van der Waals surface area contributed by atoms with Crippen LogP contribution in [0.2, 0.25) is 0 Å². The van der Waals surface area contributed by atoms with Gasteiger partial charge in [0, 0.05) is 31.1 Å². The molecule has 0 bridgehead atoms. The Labute approximate surface area is 173 Å². The first-order valence-corrected chi connectivity index (χ1v) is 11.3. The number of aromatic nitrogens is 1. The molecule has 0 aliphatic carbocycles. The van der Waals surface area contributed by atoms with E-state index in [0.717, 1.165) is 29.5 Å². The van der Waals surface area contributed by atoms with E-state index in [1.54, 1.807) is 23.1 Å². The molecule has 1 aliphatic rings. The minimum Gasteiger partial charge on any atom is -0.484 e. The van der Waals surface area contributed by atoms with Crippen molar-refractivity contribution in [2.45, 2.75) is 11.8 Å². The van der Waals surface area contributed by atoms with Gasteiger partial charge in [-0.2, -0.15) is 0 Å². The lowest BCUT2D eigenvalue weighted by atomic mass is 10.2. The van der Waals surface area contributed by atoms with Crippen molar-refractivity contribution in [3.05, 3.63) is 48.0 Å². The van der Waals surface area contributed by atoms with Crippen LogP contribution in [-0.4, -0.2) is 54.8 Å². The highest BCUT2D eigenvalue weighted by molar-refractivity contribution is 7.98. The molecule has 5 nitrogen and oxygen atoms in total. The van der Waals surface area contributed by atoms with Gasteiger partial charge in [0.1, 0.15) is 5.75 Å². The Kier molecular flexibility index (Phi) is 5.73. The normalized spacial score (nSPS) is 14.5. The summed E-state index contributed by atoms with van der Waals surface area (Å²) in [6, 6.07) is 14.1. The molecule has 1 aliphatic heterocycles. The molecule has 1 saturated heterocycles. The lowest BCUT2D eigenvalue weighted by Crippen LogP contribution is -2.50. The van der Waals surface area contributed by atoms with Crippen molar-refractivity contribution in [3.8, 4) is 5.75 Å². The monoisotopic (exact) mass is 413 g/mol. The van der Waals surface area contributed by atoms with Crippen molar-refractivity contribution in [1.82, 2.24) is 9.88 Å². The molecule has 7 heteroatoms. The lowest BCUT2D eigenvalue weighted by Gasteiger charge is -2.34. The molecule has 0 saturated carbocycles. The van der Waals surface area contributed by atoms with Crippen LogP contribution < -0.4 is 9.64 Å². The number of nitrogens with zero attached hydrogens (tertiary/aromatic N) is 3. The first kappa shape index (κ1) is 19.1. The maximum absolute atomic E-state index is 12.5. The summed E-state index contributed by atoms with van der Waals surface area (Å²) < 4.78 is 6.85. The van der Waals surface area contributed by atoms with Crippen LogP contribution in [-0.2, 0) is 4.79 Å². The third kappa shape index (κ3) is 4.10. The van der Waals surface area contributed by atoms with Crippen molar-refractivity contribution < 1.29 is 9.53 Å². The smallest absolute Gasteiger partial charge is 0.260 e. The Hall–Kier alpha value is -2.25. The summed E-state index contributed by atoms with van der Waals surface area (Å²) in [6.45, 7) is 5.10. The third-order valence-electron chi connectivity index (χ3n) is 4.88. The number of ether oxygens (including phenoxy) is 1. The Bertz CT molecular complexity index is 963. The SMILES string of the molecule is CSc1cccc2sc(N3CCN(C(=O)COc4ccc(C)cc4)CC3)nc12. The molecule has 0 N–H and O–H groups in total. The van der Waals surface area contributed by atoms with Crippen LogP contribution in [0.4, 0.5) is 5.13 Å². The second kappa shape index (κ2) is 8.41. The number of piperazine rings is 1. The van der Waals surface area contributed by atoms with Crippen LogP contribution in [0.15, 0.2) is 47.4 Å². The predicted molar refractivity (Wildman–Crippen MR) is 117 cm³/mol. The fraction of sp³-hybridized carbons (Fsp3) is 0.333. The Morgan fingerprint density at radius 3 is 2.61 bits per heavy atom. The number of para-hydroxylation sites is 1. The van der Waals surface area contributed by atoms with Gasteiger partial charge in [-0.1, -0.05) is 35.1 Å². The van der Waals surface area contributed by atoms with Gasteiger partial charge in [-0.15, -0.1) is 11.8 Å². The van der Waals surface area contributed by atoms with Crippen LogP contribution in [0, 0.1) is 6.92 Å². The fourth-order valence-corrected chi connectivity index (χ4v) is 4.90. The van der Waals surface area contributed by atoms with E-state index in [1.807, 2.05) is 36.1 Å². The number of hydrogen-bond donors (Lipinski definition) is 0. The summed E-state index contributed by atoms with van der Waals surface area (Å²) in [7, 11) is 0. The summed E-state index contributed by atoms with van der Waals surface area (Å²) >= 11 is 3.45. The number of thiazole rings is 1. The highest BCUT2D eigenvalue weighted by Crippen LogP contribution is 2.34. The number of thioether (sulfide) groups is 1. The molecule has 146 valence electrons. The topological polar surface area (TPSA) is 45.7 Å². The molecule has 0 radical (unpaired) electrons. The largest absolute Gasteiger partial charge is 0.484 e. The molecular formula is C21H23N3O2S2. The number of benzene rings is 2. The van der Waals surface area contributed by atoms with Crippen molar-refractivity contribution >= 4 is 44.4 Å².